The first-order chi connectivity index (χ1) is 15.8. The summed E-state index contributed by atoms with van der Waals surface area (Å²) >= 11 is 1.52. The average molecular weight is 487 g/mol. The predicted molar refractivity (Wildman–Crippen MR) is 134 cm³/mol. The third-order valence-electron chi connectivity index (χ3n) is 5.95. The van der Waals surface area contributed by atoms with Gasteiger partial charge >= 0.3 is 0 Å². The van der Waals surface area contributed by atoms with Gasteiger partial charge in [-0.25, -0.2) is 13.4 Å². The van der Waals surface area contributed by atoms with Gasteiger partial charge in [-0.15, -0.1) is 0 Å². The zero-order chi connectivity index (χ0) is 23.4. The fourth-order valence-corrected chi connectivity index (χ4v) is 6.69. The van der Waals surface area contributed by atoms with Gasteiger partial charge in [0.05, 0.1) is 34.4 Å². The van der Waals surface area contributed by atoms with Crippen LogP contribution < -0.4 is 4.90 Å². The number of amides is 1. The standard InChI is InChI=1S/C25H30N2O4S2/c1-18-12-13-19(2)24-23(18)26-25(32-24)27(16-21-10-6-14-31-21)22(28)11-7-15-33(29,30)17-20-8-4-3-5-9-20/h3-5,8-9,12-13,21H,6-7,10-11,14-17H2,1-2H3. The first kappa shape index (κ1) is 23.9. The fraction of sp³-hybridized carbons (Fsp3) is 0.440. The summed E-state index contributed by atoms with van der Waals surface area (Å²) in [5.74, 6) is -0.118. The Morgan fingerprint density at radius 3 is 2.61 bits per heavy atom. The molecule has 0 radical (unpaired) electrons. The van der Waals surface area contributed by atoms with E-state index in [-0.39, 0.29) is 29.9 Å². The van der Waals surface area contributed by atoms with Crippen molar-refractivity contribution in [3.63, 3.8) is 0 Å². The number of sulfone groups is 1. The molecule has 0 bridgehead atoms. The topological polar surface area (TPSA) is 76.6 Å². The van der Waals surface area contributed by atoms with E-state index in [0.29, 0.717) is 24.7 Å². The normalized spacial score (nSPS) is 16.4. The van der Waals surface area contributed by atoms with Crippen molar-refractivity contribution in [1.82, 2.24) is 4.98 Å². The first-order valence-electron chi connectivity index (χ1n) is 11.4. The molecule has 1 unspecified atom stereocenters. The van der Waals surface area contributed by atoms with Crippen LogP contribution in [0.5, 0.6) is 0 Å². The predicted octanol–water partition coefficient (Wildman–Crippen LogP) is 4.82. The lowest BCUT2D eigenvalue weighted by Crippen LogP contribution is -2.37. The van der Waals surface area contributed by atoms with Crippen LogP contribution in [0.4, 0.5) is 5.13 Å². The molecule has 0 spiro atoms. The molecule has 2 aromatic carbocycles. The molecule has 1 aromatic heterocycles. The number of aromatic nitrogens is 1. The molecule has 1 aliphatic heterocycles. The summed E-state index contributed by atoms with van der Waals surface area (Å²) < 4.78 is 31.9. The van der Waals surface area contributed by atoms with Gasteiger partial charge < -0.3 is 4.74 Å². The minimum Gasteiger partial charge on any atom is -0.376 e. The molecule has 6 nitrogen and oxygen atoms in total. The second kappa shape index (κ2) is 10.3. The highest BCUT2D eigenvalue weighted by Crippen LogP contribution is 2.34. The van der Waals surface area contributed by atoms with E-state index < -0.39 is 9.84 Å². The Balaban J connectivity index is 1.47. The van der Waals surface area contributed by atoms with Crippen LogP contribution in [-0.2, 0) is 25.1 Å². The van der Waals surface area contributed by atoms with Crippen LogP contribution in [0.2, 0.25) is 0 Å². The monoisotopic (exact) mass is 486 g/mol. The van der Waals surface area contributed by atoms with Crippen LogP contribution in [0.15, 0.2) is 42.5 Å². The number of ether oxygens (including phenoxy) is 1. The molecule has 33 heavy (non-hydrogen) atoms. The molecule has 1 saturated heterocycles. The Morgan fingerprint density at radius 1 is 1.15 bits per heavy atom. The average Bonchev–Trinajstić information content (AvgIpc) is 3.45. The van der Waals surface area contributed by atoms with Gasteiger partial charge in [0.1, 0.15) is 0 Å². The highest BCUT2D eigenvalue weighted by molar-refractivity contribution is 7.90. The minimum absolute atomic E-state index is 0.00190. The molecule has 1 atom stereocenters. The summed E-state index contributed by atoms with van der Waals surface area (Å²) in [7, 11) is -3.28. The van der Waals surface area contributed by atoms with Crippen LogP contribution in [0.1, 0.15) is 42.4 Å². The number of hydrogen-bond acceptors (Lipinski definition) is 6. The molecule has 1 aliphatic rings. The van der Waals surface area contributed by atoms with E-state index in [2.05, 4.69) is 6.07 Å². The first-order valence-corrected chi connectivity index (χ1v) is 14.0. The summed E-state index contributed by atoms with van der Waals surface area (Å²) in [5, 5.41) is 0.662. The van der Waals surface area contributed by atoms with E-state index in [9.17, 15) is 13.2 Å². The van der Waals surface area contributed by atoms with E-state index in [1.165, 1.54) is 11.3 Å². The van der Waals surface area contributed by atoms with Crippen LogP contribution in [0.3, 0.4) is 0 Å². The summed E-state index contributed by atoms with van der Waals surface area (Å²) in [6.07, 6.45) is 2.35. The van der Waals surface area contributed by atoms with Crippen molar-refractivity contribution in [2.75, 3.05) is 23.8 Å². The van der Waals surface area contributed by atoms with Crippen molar-refractivity contribution in [1.29, 1.82) is 0 Å². The molecule has 176 valence electrons. The molecule has 1 fully saturated rings. The molecule has 0 saturated carbocycles. The van der Waals surface area contributed by atoms with E-state index in [4.69, 9.17) is 9.72 Å². The van der Waals surface area contributed by atoms with Gasteiger partial charge in [0.15, 0.2) is 15.0 Å². The van der Waals surface area contributed by atoms with Gasteiger partial charge in [0.25, 0.3) is 0 Å². The zero-order valence-corrected chi connectivity index (χ0v) is 20.8. The Morgan fingerprint density at radius 2 is 1.91 bits per heavy atom. The van der Waals surface area contributed by atoms with Crippen LogP contribution in [-0.4, -0.2) is 44.3 Å². The van der Waals surface area contributed by atoms with Crippen molar-refractivity contribution >= 4 is 42.4 Å². The zero-order valence-electron chi connectivity index (χ0n) is 19.1. The maximum atomic E-state index is 13.3. The summed E-state index contributed by atoms with van der Waals surface area (Å²) in [6.45, 7) is 5.23. The lowest BCUT2D eigenvalue weighted by Gasteiger charge is -2.23. The van der Waals surface area contributed by atoms with Gasteiger partial charge in [-0.3, -0.25) is 9.69 Å². The minimum atomic E-state index is -3.28. The number of nitrogens with zero attached hydrogens (tertiary/aromatic N) is 2. The number of fused-ring (bicyclic) bond motifs is 1. The van der Waals surface area contributed by atoms with Gasteiger partial charge in [-0.1, -0.05) is 53.8 Å². The van der Waals surface area contributed by atoms with Gasteiger partial charge in [0.2, 0.25) is 5.91 Å². The number of benzene rings is 2. The Bertz CT molecular complexity index is 1180. The SMILES string of the molecule is Cc1ccc(C)c2sc(N(CC3CCCO3)C(=O)CCCS(=O)(=O)Cc3ccccc3)nc12. The van der Waals surface area contributed by atoms with Crippen molar-refractivity contribution < 1.29 is 17.9 Å². The molecule has 4 rings (SSSR count). The Hall–Kier alpha value is -2.29. The largest absolute Gasteiger partial charge is 0.376 e. The van der Waals surface area contributed by atoms with Crippen LogP contribution in [0, 0.1) is 13.8 Å². The number of aryl methyl sites for hydroxylation is 2. The summed E-state index contributed by atoms with van der Waals surface area (Å²) in [6, 6.07) is 13.3. The molecule has 0 aliphatic carbocycles. The molecular weight excluding hydrogens is 456 g/mol. The Kier molecular flexibility index (Phi) is 7.46. The molecule has 0 N–H and O–H groups in total. The number of carbonyl (C=O) groups excluding carboxylic acids is 1. The number of hydrogen-bond donors (Lipinski definition) is 0. The number of rotatable bonds is 9. The lowest BCUT2D eigenvalue weighted by molar-refractivity contribution is -0.119. The van der Waals surface area contributed by atoms with E-state index in [1.807, 2.05) is 50.2 Å². The van der Waals surface area contributed by atoms with E-state index >= 15 is 0 Å². The highest BCUT2D eigenvalue weighted by Gasteiger charge is 2.27. The van der Waals surface area contributed by atoms with E-state index in [0.717, 1.165) is 39.7 Å². The smallest absolute Gasteiger partial charge is 0.228 e. The molecular formula is C25H30N2O4S2. The van der Waals surface area contributed by atoms with Gasteiger partial charge in [-0.05, 0) is 49.8 Å². The van der Waals surface area contributed by atoms with Gasteiger partial charge in [0, 0.05) is 13.0 Å². The molecule has 8 heteroatoms. The molecule has 3 aromatic rings. The fourth-order valence-electron chi connectivity index (χ4n) is 4.12. The number of carbonyl (C=O) groups is 1. The number of anilines is 1. The maximum absolute atomic E-state index is 13.3. The summed E-state index contributed by atoms with van der Waals surface area (Å²) in [4.78, 5) is 19.8. The van der Waals surface area contributed by atoms with Crippen molar-refractivity contribution in [2.24, 2.45) is 0 Å². The summed E-state index contributed by atoms with van der Waals surface area (Å²) in [5.41, 5.74) is 3.90. The third kappa shape index (κ3) is 5.99. The lowest BCUT2D eigenvalue weighted by atomic mass is 10.1. The molecule has 2 heterocycles. The van der Waals surface area contributed by atoms with E-state index in [1.54, 1.807) is 4.90 Å². The van der Waals surface area contributed by atoms with Crippen molar-refractivity contribution in [3.05, 3.63) is 59.2 Å². The Labute approximate surface area is 199 Å². The second-order valence-electron chi connectivity index (χ2n) is 8.69. The maximum Gasteiger partial charge on any atom is 0.228 e. The quantitative estimate of drug-likeness (QED) is 0.433. The van der Waals surface area contributed by atoms with Crippen LogP contribution >= 0.6 is 11.3 Å². The highest BCUT2D eigenvalue weighted by atomic mass is 32.2. The van der Waals surface area contributed by atoms with Crippen LogP contribution in [0.25, 0.3) is 10.2 Å². The van der Waals surface area contributed by atoms with Gasteiger partial charge in [-0.2, -0.15) is 0 Å². The van der Waals surface area contributed by atoms with Crippen molar-refractivity contribution in [2.45, 2.75) is 51.4 Å². The number of thiazole rings is 1. The second-order valence-corrected chi connectivity index (χ2v) is 11.9. The van der Waals surface area contributed by atoms with Crippen molar-refractivity contribution in [3.8, 4) is 0 Å². The third-order valence-corrected chi connectivity index (χ3v) is 8.85. The molecule has 1 amide bonds.